The van der Waals surface area contributed by atoms with E-state index in [0.29, 0.717) is 0 Å². The highest BCUT2D eigenvalue weighted by molar-refractivity contribution is 5.59. The fourth-order valence-corrected chi connectivity index (χ4v) is 2.38. The molecule has 1 aliphatic rings. The van der Waals surface area contributed by atoms with E-state index in [1.54, 1.807) is 0 Å². The van der Waals surface area contributed by atoms with Crippen LogP contribution in [-0.2, 0) is 4.79 Å². The lowest BCUT2D eigenvalue weighted by atomic mass is 9.83. The van der Waals surface area contributed by atoms with Crippen molar-refractivity contribution in [1.29, 1.82) is 0 Å². The van der Waals surface area contributed by atoms with Gasteiger partial charge in [-0.1, -0.05) is 13.8 Å². The number of carbonyl (C=O) groups is 1. The molecule has 0 amide bonds. The monoisotopic (exact) mass is 226 g/mol. The Morgan fingerprint density at radius 3 is 2.38 bits per heavy atom. The standard InChI is InChI=1S/C13H26N2O/c1-4-13(5-2,12-16)11-15-8-6-7-14(3)9-10-15/h12H,4-11H2,1-3H3. The predicted octanol–water partition coefficient (Wildman–Crippen LogP) is 1.63. The minimum atomic E-state index is -0.108. The molecule has 0 unspecified atom stereocenters. The maximum atomic E-state index is 11.3. The summed E-state index contributed by atoms with van der Waals surface area (Å²) in [5.74, 6) is 0. The van der Waals surface area contributed by atoms with Crippen LogP contribution in [0.2, 0.25) is 0 Å². The first-order valence-corrected chi connectivity index (χ1v) is 6.53. The van der Waals surface area contributed by atoms with Crippen LogP contribution < -0.4 is 0 Å². The molecular weight excluding hydrogens is 200 g/mol. The molecule has 1 aliphatic heterocycles. The van der Waals surface area contributed by atoms with E-state index in [9.17, 15) is 4.79 Å². The molecule has 0 aromatic heterocycles. The molecule has 0 bridgehead atoms. The maximum absolute atomic E-state index is 11.3. The minimum absolute atomic E-state index is 0.108. The first kappa shape index (κ1) is 13.7. The summed E-state index contributed by atoms with van der Waals surface area (Å²) in [6.45, 7) is 9.75. The van der Waals surface area contributed by atoms with Gasteiger partial charge in [-0.25, -0.2) is 0 Å². The third kappa shape index (κ3) is 3.56. The lowest BCUT2D eigenvalue weighted by molar-refractivity contribution is -0.117. The number of nitrogens with zero attached hydrogens (tertiary/aromatic N) is 2. The van der Waals surface area contributed by atoms with Gasteiger partial charge in [0.1, 0.15) is 6.29 Å². The Balaban J connectivity index is 2.53. The summed E-state index contributed by atoms with van der Waals surface area (Å²) in [6.07, 6.45) is 4.32. The van der Waals surface area contributed by atoms with Crippen LogP contribution in [0.3, 0.4) is 0 Å². The molecule has 1 heterocycles. The molecule has 0 atom stereocenters. The highest BCUT2D eigenvalue weighted by atomic mass is 16.1. The Morgan fingerprint density at radius 1 is 1.12 bits per heavy atom. The molecule has 1 fully saturated rings. The predicted molar refractivity (Wildman–Crippen MR) is 67.6 cm³/mol. The first-order valence-electron chi connectivity index (χ1n) is 6.53. The molecule has 94 valence electrons. The zero-order valence-electron chi connectivity index (χ0n) is 11.0. The highest BCUT2D eigenvalue weighted by Gasteiger charge is 2.28. The van der Waals surface area contributed by atoms with Crippen molar-refractivity contribution in [2.45, 2.75) is 33.1 Å². The van der Waals surface area contributed by atoms with Gasteiger partial charge in [-0.3, -0.25) is 0 Å². The van der Waals surface area contributed by atoms with Crippen LogP contribution in [0.4, 0.5) is 0 Å². The zero-order chi connectivity index (χ0) is 12.0. The highest BCUT2D eigenvalue weighted by Crippen LogP contribution is 2.25. The molecule has 3 nitrogen and oxygen atoms in total. The van der Waals surface area contributed by atoms with Crippen molar-refractivity contribution in [3.8, 4) is 0 Å². The zero-order valence-corrected chi connectivity index (χ0v) is 11.0. The largest absolute Gasteiger partial charge is 0.305 e. The van der Waals surface area contributed by atoms with Gasteiger partial charge in [0.2, 0.25) is 0 Å². The summed E-state index contributed by atoms with van der Waals surface area (Å²) >= 11 is 0. The lowest BCUT2D eigenvalue weighted by Crippen LogP contribution is -2.40. The third-order valence-electron chi connectivity index (χ3n) is 4.01. The second-order valence-corrected chi connectivity index (χ2v) is 5.12. The van der Waals surface area contributed by atoms with Crippen molar-refractivity contribution in [1.82, 2.24) is 9.80 Å². The minimum Gasteiger partial charge on any atom is -0.305 e. The molecule has 0 aromatic carbocycles. The van der Waals surface area contributed by atoms with E-state index in [0.717, 1.165) is 39.0 Å². The van der Waals surface area contributed by atoms with Crippen molar-refractivity contribution < 1.29 is 4.79 Å². The molecule has 0 N–H and O–H groups in total. The van der Waals surface area contributed by atoms with E-state index in [-0.39, 0.29) is 5.41 Å². The first-order chi connectivity index (χ1) is 7.65. The quantitative estimate of drug-likeness (QED) is 0.666. The van der Waals surface area contributed by atoms with Gasteiger partial charge in [0.25, 0.3) is 0 Å². The smallest absolute Gasteiger partial charge is 0.127 e. The summed E-state index contributed by atoms with van der Waals surface area (Å²) < 4.78 is 0. The topological polar surface area (TPSA) is 23.6 Å². The van der Waals surface area contributed by atoms with E-state index in [1.165, 1.54) is 19.3 Å². The number of rotatable bonds is 5. The van der Waals surface area contributed by atoms with Crippen LogP contribution in [0, 0.1) is 5.41 Å². The Morgan fingerprint density at radius 2 is 1.81 bits per heavy atom. The van der Waals surface area contributed by atoms with Gasteiger partial charge in [-0.15, -0.1) is 0 Å². The summed E-state index contributed by atoms with van der Waals surface area (Å²) in [5, 5.41) is 0. The second kappa shape index (κ2) is 6.36. The van der Waals surface area contributed by atoms with E-state index < -0.39 is 0 Å². The third-order valence-corrected chi connectivity index (χ3v) is 4.01. The van der Waals surface area contributed by atoms with Crippen molar-refractivity contribution in [2.24, 2.45) is 5.41 Å². The van der Waals surface area contributed by atoms with Gasteiger partial charge < -0.3 is 14.6 Å². The van der Waals surface area contributed by atoms with Crippen molar-refractivity contribution in [3.63, 3.8) is 0 Å². The summed E-state index contributed by atoms with van der Waals surface area (Å²) in [5.41, 5.74) is -0.108. The molecule has 3 heteroatoms. The summed E-state index contributed by atoms with van der Waals surface area (Å²) in [7, 11) is 2.18. The van der Waals surface area contributed by atoms with E-state index in [2.05, 4.69) is 30.7 Å². The molecule has 0 radical (unpaired) electrons. The number of hydrogen-bond acceptors (Lipinski definition) is 3. The van der Waals surface area contributed by atoms with Gasteiger partial charge in [0.15, 0.2) is 0 Å². The summed E-state index contributed by atoms with van der Waals surface area (Å²) in [6, 6.07) is 0. The number of likely N-dealkylation sites (N-methyl/N-ethyl adjacent to an activating group) is 1. The Labute approximate surface area is 99.8 Å². The normalized spacial score (nSPS) is 20.7. The lowest BCUT2D eigenvalue weighted by Gasteiger charge is -2.32. The van der Waals surface area contributed by atoms with E-state index >= 15 is 0 Å². The van der Waals surface area contributed by atoms with Gasteiger partial charge in [-0.2, -0.15) is 0 Å². The van der Waals surface area contributed by atoms with Crippen molar-refractivity contribution >= 4 is 6.29 Å². The van der Waals surface area contributed by atoms with E-state index in [1.807, 2.05) is 0 Å². The average molecular weight is 226 g/mol. The van der Waals surface area contributed by atoms with Crippen LogP contribution >= 0.6 is 0 Å². The Bertz CT molecular complexity index is 214. The molecule has 0 aromatic rings. The number of aldehydes is 1. The fourth-order valence-electron chi connectivity index (χ4n) is 2.38. The van der Waals surface area contributed by atoms with Crippen molar-refractivity contribution in [2.75, 3.05) is 39.8 Å². The van der Waals surface area contributed by atoms with Crippen LogP contribution in [0.1, 0.15) is 33.1 Å². The van der Waals surface area contributed by atoms with Crippen LogP contribution in [0.5, 0.6) is 0 Å². The molecule has 0 aliphatic carbocycles. The maximum Gasteiger partial charge on any atom is 0.127 e. The molecule has 1 rings (SSSR count). The molecule has 0 spiro atoms. The van der Waals surface area contributed by atoms with Crippen LogP contribution in [-0.4, -0.2) is 55.9 Å². The van der Waals surface area contributed by atoms with Crippen molar-refractivity contribution in [3.05, 3.63) is 0 Å². The van der Waals surface area contributed by atoms with Gasteiger partial charge in [0, 0.05) is 25.0 Å². The van der Waals surface area contributed by atoms with Gasteiger partial charge in [-0.05, 0) is 39.4 Å². The van der Waals surface area contributed by atoms with E-state index in [4.69, 9.17) is 0 Å². The van der Waals surface area contributed by atoms with Gasteiger partial charge in [0.05, 0.1) is 0 Å². The van der Waals surface area contributed by atoms with Gasteiger partial charge >= 0.3 is 0 Å². The van der Waals surface area contributed by atoms with Crippen LogP contribution in [0.15, 0.2) is 0 Å². The summed E-state index contributed by atoms with van der Waals surface area (Å²) in [4.78, 5) is 16.1. The molecule has 1 saturated heterocycles. The Hall–Kier alpha value is -0.410. The molecule has 0 saturated carbocycles. The SMILES string of the molecule is CCC(C=O)(CC)CN1CCCN(C)CC1. The second-order valence-electron chi connectivity index (χ2n) is 5.12. The fraction of sp³-hybridized carbons (Fsp3) is 0.923. The number of carbonyl (C=O) groups excluding carboxylic acids is 1. The molecule has 16 heavy (non-hydrogen) atoms. The Kier molecular flexibility index (Phi) is 5.42. The average Bonchev–Trinajstić information content (AvgIpc) is 2.51. The molecular formula is C13H26N2O. The number of hydrogen-bond donors (Lipinski definition) is 0. The van der Waals surface area contributed by atoms with Crippen LogP contribution in [0.25, 0.3) is 0 Å².